The lowest BCUT2D eigenvalue weighted by Crippen LogP contribution is -2.43. The van der Waals surface area contributed by atoms with Crippen LogP contribution in [0.1, 0.15) is 17.2 Å². The molecule has 6 nitrogen and oxygen atoms in total. The van der Waals surface area contributed by atoms with Crippen molar-refractivity contribution in [3.8, 4) is 11.4 Å². The van der Waals surface area contributed by atoms with Crippen molar-refractivity contribution in [2.75, 3.05) is 5.43 Å². The van der Waals surface area contributed by atoms with Crippen molar-refractivity contribution in [2.24, 2.45) is 0 Å². The Labute approximate surface area is 195 Å². The topological polar surface area (TPSA) is 71.8 Å². The first kappa shape index (κ1) is 20.6. The van der Waals surface area contributed by atoms with Crippen LogP contribution in [-0.2, 0) is 11.3 Å². The van der Waals surface area contributed by atoms with E-state index in [9.17, 15) is 4.79 Å². The summed E-state index contributed by atoms with van der Waals surface area (Å²) in [5, 5.41) is 12.6. The maximum absolute atomic E-state index is 13.3. The predicted octanol–water partition coefficient (Wildman–Crippen LogP) is 4.67. The maximum Gasteiger partial charge on any atom is 0.236 e. The zero-order valence-electron chi connectivity index (χ0n) is 17.0. The Bertz CT molecular complexity index is 1210. The Morgan fingerprint density at radius 2 is 1.66 bits per heavy atom. The third kappa shape index (κ3) is 4.22. The van der Waals surface area contributed by atoms with Gasteiger partial charge in [0.05, 0.1) is 6.04 Å². The molecule has 0 saturated heterocycles. The van der Waals surface area contributed by atoms with Gasteiger partial charge in [-0.2, -0.15) is 0 Å². The van der Waals surface area contributed by atoms with Gasteiger partial charge in [-0.1, -0.05) is 96.2 Å². The van der Waals surface area contributed by atoms with E-state index in [1.54, 1.807) is 0 Å². The molecule has 0 bridgehead atoms. The zero-order chi connectivity index (χ0) is 21.9. The molecule has 2 heterocycles. The first-order valence-electron chi connectivity index (χ1n) is 10.2. The predicted molar refractivity (Wildman–Crippen MR) is 127 cm³/mol. The van der Waals surface area contributed by atoms with Crippen LogP contribution in [0.3, 0.4) is 0 Å². The maximum atomic E-state index is 13.3. The van der Waals surface area contributed by atoms with Crippen LogP contribution in [0.2, 0.25) is 5.02 Å². The first-order chi connectivity index (χ1) is 15.7. The molecular formula is C24H20ClN5OS. The van der Waals surface area contributed by atoms with Crippen LogP contribution in [0.25, 0.3) is 11.4 Å². The van der Waals surface area contributed by atoms with Crippen molar-refractivity contribution in [1.29, 1.82) is 0 Å². The Morgan fingerprint density at radius 3 is 2.38 bits per heavy atom. The molecule has 5 rings (SSSR count). The van der Waals surface area contributed by atoms with E-state index in [1.165, 1.54) is 11.8 Å². The van der Waals surface area contributed by atoms with Gasteiger partial charge in [0.2, 0.25) is 11.1 Å². The van der Waals surface area contributed by atoms with Gasteiger partial charge < -0.3 is 10.7 Å². The van der Waals surface area contributed by atoms with Crippen LogP contribution in [0, 0.1) is 0 Å². The quantitative estimate of drug-likeness (QED) is 0.451. The summed E-state index contributed by atoms with van der Waals surface area (Å²) >= 11 is 7.51. The highest BCUT2D eigenvalue weighted by atomic mass is 35.5. The van der Waals surface area contributed by atoms with Gasteiger partial charge in [0, 0.05) is 17.1 Å². The zero-order valence-corrected chi connectivity index (χ0v) is 18.6. The average Bonchev–Trinajstić information content (AvgIpc) is 3.26. The van der Waals surface area contributed by atoms with Gasteiger partial charge >= 0.3 is 0 Å². The van der Waals surface area contributed by atoms with Crippen LogP contribution in [-0.4, -0.2) is 26.0 Å². The second kappa shape index (κ2) is 9.06. The fraction of sp³-hybridized carbons (Fsp3) is 0.125. The number of carbonyl (C=O) groups is 1. The van der Waals surface area contributed by atoms with E-state index in [2.05, 4.69) is 20.9 Å². The van der Waals surface area contributed by atoms with E-state index in [1.807, 2.05) is 89.6 Å². The largest absolute Gasteiger partial charge is 0.351 e. The number of halogens is 1. The van der Waals surface area contributed by atoms with Crippen molar-refractivity contribution in [1.82, 2.24) is 20.2 Å². The van der Waals surface area contributed by atoms with E-state index in [-0.39, 0.29) is 11.9 Å². The fourth-order valence-corrected chi connectivity index (χ4v) is 4.87. The number of hydrogen-bond acceptors (Lipinski definition) is 5. The SMILES string of the molecule is O=C(NCc1ccccc1)[C@@H]1Sc2nnc(-c3ccccc3)n2N[C@@H]1c1ccc(Cl)cc1. The summed E-state index contributed by atoms with van der Waals surface area (Å²) in [4.78, 5) is 13.3. The van der Waals surface area contributed by atoms with Crippen molar-refractivity contribution in [3.63, 3.8) is 0 Å². The molecule has 32 heavy (non-hydrogen) atoms. The Morgan fingerprint density at radius 1 is 0.969 bits per heavy atom. The van der Waals surface area contributed by atoms with E-state index < -0.39 is 5.25 Å². The molecule has 0 unspecified atom stereocenters. The normalized spacial score (nSPS) is 17.3. The summed E-state index contributed by atoms with van der Waals surface area (Å²) in [6.45, 7) is 0.464. The van der Waals surface area contributed by atoms with Gasteiger partial charge in [0.1, 0.15) is 5.25 Å². The monoisotopic (exact) mass is 461 g/mol. The highest BCUT2D eigenvalue weighted by Crippen LogP contribution is 2.38. The van der Waals surface area contributed by atoms with Crippen molar-refractivity contribution in [3.05, 3.63) is 101 Å². The standard InChI is InChI=1S/C24H20ClN5OS/c25-19-13-11-17(12-14-19)20-21(23(31)26-15-16-7-3-1-4-8-16)32-24-28-27-22(30(24)29-20)18-9-5-2-6-10-18/h1-14,20-21,29H,15H2,(H,26,31)/t20-,21-/m1/s1. The minimum absolute atomic E-state index is 0.0678. The number of benzene rings is 3. The number of carbonyl (C=O) groups excluding carboxylic acids is 1. The van der Waals surface area contributed by atoms with Gasteiger partial charge in [-0.3, -0.25) is 4.79 Å². The Hall–Kier alpha value is -3.29. The molecule has 4 aromatic rings. The first-order valence-corrected chi connectivity index (χ1v) is 11.5. The van der Waals surface area contributed by atoms with Gasteiger partial charge in [-0.25, -0.2) is 4.68 Å². The highest BCUT2D eigenvalue weighted by molar-refractivity contribution is 8.00. The van der Waals surface area contributed by atoms with Crippen molar-refractivity contribution < 1.29 is 4.79 Å². The molecule has 1 aliphatic rings. The Kier molecular flexibility index (Phi) is 5.83. The van der Waals surface area contributed by atoms with Gasteiger partial charge in [0.15, 0.2) is 5.82 Å². The Balaban J connectivity index is 1.46. The number of nitrogens with zero attached hydrogens (tertiary/aromatic N) is 3. The summed E-state index contributed by atoms with van der Waals surface area (Å²) in [7, 11) is 0. The second-order valence-electron chi connectivity index (χ2n) is 7.41. The van der Waals surface area contributed by atoms with Gasteiger partial charge in [0.25, 0.3) is 0 Å². The van der Waals surface area contributed by atoms with Crippen LogP contribution in [0.15, 0.2) is 90.1 Å². The van der Waals surface area contributed by atoms with Crippen molar-refractivity contribution in [2.45, 2.75) is 23.0 Å². The molecule has 2 atom stereocenters. The highest BCUT2D eigenvalue weighted by Gasteiger charge is 2.37. The molecule has 0 radical (unpaired) electrons. The number of hydrogen-bond donors (Lipinski definition) is 2. The molecular weight excluding hydrogens is 442 g/mol. The van der Waals surface area contributed by atoms with Crippen LogP contribution < -0.4 is 10.7 Å². The lowest BCUT2D eigenvalue weighted by Gasteiger charge is -2.33. The number of fused-ring (bicyclic) bond motifs is 1. The summed E-state index contributed by atoms with van der Waals surface area (Å²) in [5.74, 6) is 0.636. The molecule has 8 heteroatoms. The molecule has 1 amide bonds. The third-order valence-electron chi connectivity index (χ3n) is 5.27. The molecule has 0 saturated carbocycles. The molecule has 1 aliphatic heterocycles. The van der Waals surface area contributed by atoms with Crippen LogP contribution in [0.5, 0.6) is 0 Å². The number of amides is 1. The molecule has 160 valence electrons. The number of thioether (sulfide) groups is 1. The molecule has 3 aromatic carbocycles. The molecule has 0 fully saturated rings. The summed E-state index contributed by atoms with van der Waals surface area (Å²) in [6.07, 6.45) is 0. The molecule has 0 aliphatic carbocycles. The molecule has 0 spiro atoms. The minimum Gasteiger partial charge on any atom is -0.351 e. The third-order valence-corrected chi connectivity index (χ3v) is 6.73. The van der Waals surface area contributed by atoms with Gasteiger partial charge in [-0.05, 0) is 23.3 Å². The lowest BCUT2D eigenvalue weighted by atomic mass is 10.0. The van der Waals surface area contributed by atoms with E-state index in [0.717, 1.165) is 16.7 Å². The second-order valence-corrected chi connectivity index (χ2v) is 8.95. The van der Waals surface area contributed by atoms with Crippen LogP contribution in [0.4, 0.5) is 0 Å². The van der Waals surface area contributed by atoms with Crippen LogP contribution >= 0.6 is 23.4 Å². The minimum atomic E-state index is -0.430. The summed E-state index contributed by atoms with van der Waals surface area (Å²) < 4.78 is 1.86. The average molecular weight is 462 g/mol. The van der Waals surface area contributed by atoms with E-state index in [0.29, 0.717) is 22.5 Å². The smallest absolute Gasteiger partial charge is 0.236 e. The lowest BCUT2D eigenvalue weighted by molar-refractivity contribution is -0.121. The molecule has 1 aromatic heterocycles. The number of aromatic nitrogens is 3. The number of rotatable bonds is 5. The van der Waals surface area contributed by atoms with E-state index >= 15 is 0 Å². The van der Waals surface area contributed by atoms with Gasteiger partial charge in [-0.15, -0.1) is 10.2 Å². The summed E-state index contributed by atoms with van der Waals surface area (Å²) in [5.41, 5.74) is 6.43. The summed E-state index contributed by atoms with van der Waals surface area (Å²) in [6, 6.07) is 27.0. The van der Waals surface area contributed by atoms with Crippen molar-refractivity contribution >= 4 is 29.3 Å². The fourth-order valence-electron chi connectivity index (χ4n) is 3.64. The molecule has 2 N–H and O–H groups in total. The van der Waals surface area contributed by atoms with E-state index in [4.69, 9.17) is 11.6 Å². The number of nitrogens with one attached hydrogen (secondary N) is 2.